The van der Waals surface area contributed by atoms with E-state index in [1.165, 1.54) is 12.1 Å². The minimum absolute atomic E-state index is 0.0854. The van der Waals surface area contributed by atoms with Gasteiger partial charge in [0.2, 0.25) is 0 Å². The highest BCUT2D eigenvalue weighted by Crippen LogP contribution is 2.28. The summed E-state index contributed by atoms with van der Waals surface area (Å²) < 4.78 is 4.60. The third-order valence-electron chi connectivity index (χ3n) is 1.32. The number of non-ortho nitro benzene ring substituents is 1. The van der Waals surface area contributed by atoms with Gasteiger partial charge in [-0.2, -0.15) is 0 Å². The standard InChI is InChI=1S/C7H3Cl2NO3S/c8-5-3-4(10(11)12)1-2-6(5)13-7(9)14/h1-3H. The SMILES string of the molecule is O=[N+]([O-])c1ccc(OC(=S)Cl)c(Cl)c1. The second kappa shape index (κ2) is 4.54. The Balaban J connectivity index is 3.01. The quantitative estimate of drug-likeness (QED) is 0.351. The monoisotopic (exact) mass is 251 g/mol. The van der Waals surface area contributed by atoms with E-state index in [4.69, 9.17) is 27.9 Å². The molecule has 0 spiro atoms. The number of thiocarbonyl (C=S) groups is 1. The average Bonchev–Trinajstić information content (AvgIpc) is 2.07. The lowest BCUT2D eigenvalue weighted by Gasteiger charge is -2.02. The zero-order chi connectivity index (χ0) is 10.7. The number of halogens is 2. The third-order valence-corrected chi connectivity index (χ3v) is 1.77. The van der Waals surface area contributed by atoms with E-state index in [1.54, 1.807) is 0 Å². The molecule has 7 heteroatoms. The first-order chi connectivity index (χ1) is 6.50. The van der Waals surface area contributed by atoms with Crippen LogP contribution < -0.4 is 4.74 Å². The van der Waals surface area contributed by atoms with Crippen molar-refractivity contribution in [2.75, 3.05) is 0 Å². The highest BCUT2D eigenvalue weighted by Gasteiger charge is 2.10. The topological polar surface area (TPSA) is 52.4 Å². The molecule has 0 radical (unpaired) electrons. The van der Waals surface area contributed by atoms with E-state index in [1.807, 2.05) is 0 Å². The molecule has 0 fully saturated rings. The number of benzene rings is 1. The van der Waals surface area contributed by atoms with Gasteiger partial charge in [0.1, 0.15) is 5.75 Å². The minimum Gasteiger partial charge on any atom is -0.434 e. The van der Waals surface area contributed by atoms with Gasteiger partial charge in [-0.3, -0.25) is 10.1 Å². The zero-order valence-corrected chi connectivity index (χ0v) is 8.90. The maximum atomic E-state index is 10.3. The molecular weight excluding hydrogens is 249 g/mol. The molecule has 1 aromatic carbocycles. The molecule has 14 heavy (non-hydrogen) atoms. The molecule has 0 aliphatic heterocycles. The van der Waals surface area contributed by atoms with Crippen molar-refractivity contribution < 1.29 is 9.66 Å². The van der Waals surface area contributed by atoms with E-state index >= 15 is 0 Å². The van der Waals surface area contributed by atoms with Crippen LogP contribution in [0.4, 0.5) is 5.69 Å². The second-order valence-corrected chi connectivity index (χ2v) is 3.56. The van der Waals surface area contributed by atoms with Gasteiger partial charge in [-0.15, -0.1) is 0 Å². The van der Waals surface area contributed by atoms with Crippen molar-refractivity contribution in [2.45, 2.75) is 0 Å². The smallest absolute Gasteiger partial charge is 0.271 e. The van der Waals surface area contributed by atoms with Gasteiger partial charge >= 0.3 is 0 Å². The third kappa shape index (κ3) is 2.80. The Bertz CT molecular complexity index is 397. The van der Waals surface area contributed by atoms with Crippen LogP contribution in [0.1, 0.15) is 0 Å². The molecule has 0 amide bonds. The van der Waals surface area contributed by atoms with Gasteiger partial charge in [-0.25, -0.2) is 0 Å². The van der Waals surface area contributed by atoms with Crippen LogP contribution in [0.3, 0.4) is 0 Å². The summed E-state index contributed by atoms with van der Waals surface area (Å²) in [7, 11) is 0. The van der Waals surface area contributed by atoms with Gasteiger partial charge in [0.05, 0.1) is 9.95 Å². The first kappa shape index (κ1) is 11.2. The van der Waals surface area contributed by atoms with Crippen molar-refractivity contribution >= 4 is 45.6 Å². The highest BCUT2D eigenvalue weighted by molar-refractivity contribution is 7.82. The fourth-order valence-corrected chi connectivity index (χ4v) is 1.16. The Hall–Kier alpha value is -0.910. The molecule has 0 aromatic heterocycles. The van der Waals surface area contributed by atoms with Gasteiger partial charge in [0, 0.05) is 12.1 Å². The lowest BCUT2D eigenvalue weighted by molar-refractivity contribution is -0.384. The van der Waals surface area contributed by atoms with Crippen LogP contribution in [0, 0.1) is 10.1 Å². The summed E-state index contributed by atoms with van der Waals surface area (Å²) in [6.07, 6.45) is 0. The molecule has 0 N–H and O–H groups in total. The summed E-state index contributed by atoms with van der Waals surface area (Å²) >= 11 is 15.4. The number of nitrogens with zero attached hydrogens (tertiary/aromatic N) is 1. The number of hydrogen-bond acceptors (Lipinski definition) is 4. The lowest BCUT2D eigenvalue weighted by atomic mass is 10.3. The van der Waals surface area contributed by atoms with Crippen molar-refractivity contribution in [1.82, 2.24) is 0 Å². The van der Waals surface area contributed by atoms with Crippen molar-refractivity contribution in [2.24, 2.45) is 0 Å². The Kier molecular flexibility index (Phi) is 3.62. The number of hydrogen-bond donors (Lipinski definition) is 0. The van der Waals surface area contributed by atoms with Crippen molar-refractivity contribution in [3.63, 3.8) is 0 Å². The molecule has 1 rings (SSSR count). The predicted octanol–water partition coefficient (Wildman–Crippen LogP) is 3.15. The maximum Gasteiger partial charge on any atom is 0.271 e. The predicted molar refractivity (Wildman–Crippen MR) is 57.2 cm³/mol. The van der Waals surface area contributed by atoms with E-state index in [0.29, 0.717) is 0 Å². The highest BCUT2D eigenvalue weighted by atomic mass is 35.5. The number of nitro benzene ring substituents is 1. The second-order valence-electron chi connectivity index (χ2n) is 2.21. The molecule has 74 valence electrons. The van der Waals surface area contributed by atoms with Crippen molar-refractivity contribution in [3.8, 4) is 5.75 Å². The molecule has 0 atom stereocenters. The van der Waals surface area contributed by atoms with Gasteiger partial charge in [-0.05, 0) is 29.9 Å². The first-order valence-electron chi connectivity index (χ1n) is 3.32. The number of rotatable bonds is 2. The molecule has 0 saturated heterocycles. The van der Waals surface area contributed by atoms with Crippen molar-refractivity contribution in [1.29, 1.82) is 0 Å². The Morgan fingerprint density at radius 1 is 1.57 bits per heavy atom. The molecular formula is C7H3Cl2NO3S. The van der Waals surface area contributed by atoms with Gasteiger partial charge in [-0.1, -0.05) is 11.6 Å². The number of nitro groups is 1. The molecule has 0 aliphatic carbocycles. The van der Waals surface area contributed by atoms with Crippen LogP contribution >= 0.6 is 35.4 Å². The molecule has 0 bridgehead atoms. The lowest BCUT2D eigenvalue weighted by Crippen LogP contribution is -1.97. The summed E-state index contributed by atoms with van der Waals surface area (Å²) in [6, 6.07) is 3.73. The Labute approximate surface area is 94.5 Å². The molecule has 0 saturated carbocycles. The molecule has 4 nitrogen and oxygen atoms in total. The van der Waals surface area contributed by atoms with E-state index in [2.05, 4.69) is 12.2 Å². The van der Waals surface area contributed by atoms with Crippen LogP contribution in [0.5, 0.6) is 5.75 Å². The van der Waals surface area contributed by atoms with Crippen LogP contribution in [-0.4, -0.2) is 9.43 Å². The average molecular weight is 252 g/mol. The summed E-state index contributed by atoms with van der Waals surface area (Å²) in [5.41, 5.74) is -0.122. The molecule has 1 aromatic rings. The summed E-state index contributed by atoms with van der Waals surface area (Å²) in [4.78, 5) is 9.78. The van der Waals surface area contributed by atoms with E-state index in [0.717, 1.165) is 6.07 Å². The van der Waals surface area contributed by atoms with Crippen LogP contribution in [0.25, 0.3) is 0 Å². The zero-order valence-electron chi connectivity index (χ0n) is 6.57. The van der Waals surface area contributed by atoms with E-state index in [9.17, 15) is 10.1 Å². The minimum atomic E-state index is -0.561. The summed E-state index contributed by atoms with van der Waals surface area (Å²) in [6.45, 7) is 0. The maximum absolute atomic E-state index is 10.3. The van der Waals surface area contributed by atoms with Gasteiger partial charge in [0.15, 0.2) is 0 Å². The summed E-state index contributed by atoms with van der Waals surface area (Å²) in [5, 5.41) is 10.4. The van der Waals surface area contributed by atoms with Crippen LogP contribution in [0.2, 0.25) is 5.02 Å². The van der Waals surface area contributed by atoms with E-state index in [-0.39, 0.29) is 21.0 Å². The summed E-state index contributed by atoms with van der Waals surface area (Å²) in [5.74, 6) is 0.192. The Morgan fingerprint density at radius 2 is 2.21 bits per heavy atom. The van der Waals surface area contributed by atoms with Crippen LogP contribution in [-0.2, 0) is 0 Å². The molecule has 0 heterocycles. The normalized spacial score (nSPS) is 9.57. The molecule has 0 unspecified atom stereocenters. The van der Waals surface area contributed by atoms with Gasteiger partial charge in [0.25, 0.3) is 10.2 Å². The van der Waals surface area contributed by atoms with Gasteiger partial charge < -0.3 is 4.74 Å². The first-order valence-corrected chi connectivity index (χ1v) is 4.48. The largest absolute Gasteiger partial charge is 0.434 e. The molecule has 0 aliphatic rings. The van der Waals surface area contributed by atoms with E-state index < -0.39 is 4.92 Å². The fraction of sp³-hybridized carbons (Fsp3) is 0. The fourth-order valence-electron chi connectivity index (χ4n) is 0.773. The Morgan fingerprint density at radius 3 is 2.64 bits per heavy atom. The van der Waals surface area contributed by atoms with Crippen LogP contribution in [0.15, 0.2) is 18.2 Å². The van der Waals surface area contributed by atoms with Crippen molar-refractivity contribution in [3.05, 3.63) is 33.3 Å². The number of ether oxygens (including phenoxy) is 1.